The van der Waals surface area contributed by atoms with Gasteiger partial charge in [-0.3, -0.25) is 0 Å². The molecular formula is C19H23NO. The topological polar surface area (TPSA) is 23.5 Å². The summed E-state index contributed by atoms with van der Waals surface area (Å²) in [4.78, 5) is 2.37. The van der Waals surface area contributed by atoms with E-state index in [1.54, 1.807) is 0 Å². The number of aryl methyl sites for hydroxylation is 1. The second kappa shape index (κ2) is 6.31. The Morgan fingerprint density at radius 3 is 2.05 bits per heavy atom. The van der Waals surface area contributed by atoms with Crippen LogP contribution in [0.2, 0.25) is 0 Å². The first-order valence-corrected chi connectivity index (χ1v) is 7.82. The van der Waals surface area contributed by atoms with Gasteiger partial charge in [0.05, 0.1) is 5.60 Å². The molecule has 0 unspecified atom stereocenters. The van der Waals surface area contributed by atoms with E-state index in [0.29, 0.717) is 0 Å². The minimum atomic E-state index is -0.499. The highest BCUT2D eigenvalue weighted by atomic mass is 16.3. The van der Waals surface area contributed by atoms with Crippen molar-refractivity contribution in [2.75, 3.05) is 18.0 Å². The Hall–Kier alpha value is -1.80. The van der Waals surface area contributed by atoms with Crippen LogP contribution in [0.5, 0.6) is 0 Å². The molecule has 3 rings (SSSR count). The highest BCUT2D eigenvalue weighted by Gasteiger charge is 2.31. The number of anilines is 1. The standard InChI is InChI=1S/C19H23NO/c21-19(12-11-17-7-3-1-4-8-17)13-15-20(16-14-19)18-9-5-2-6-10-18/h1-10,21H,11-16H2. The molecular weight excluding hydrogens is 258 g/mol. The quantitative estimate of drug-likeness (QED) is 0.924. The smallest absolute Gasteiger partial charge is 0.0684 e. The minimum Gasteiger partial charge on any atom is -0.390 e. The number of rotatable bonds is 4. The van der Waals surface area contributed by atoms with Crippen molar-refractivity contribution in [3.05, 3.63) is 66.2 Å². The molecule has 0 radical (unpaired) electrons. The van der Waals surface area contributed by atoms with Gasteiger partial charge in [0.25, 0.3) is 0 Å². The molecule has 1 N–H and O–H groups in total. The molecule has 0 atom stereocenters. The fourth-order valence-electron chi connectivity index (χ4n) is 3.09. The minimum absolute atomic E-state index is 0.499. The SMILES string of the molecule is OC1(CCc2ccccc2)CCN(c2ccccc2)CC1. The predicted octanol–water partition coefficient (Wildman–Crippen LogP) is 3.65. The Kier molecular flexibility index (Phi) is 4.26. The summed E-state index contributed by atoms with van der Waals surface area (Å²) in [6, 6.07) is 20.9. The van der Waals surface area contributed by atoms with Crippen molar-refractivity contribution in [2.45, 2.75) is 31.3 Å². The lowest BCUT2D eigenvalue weighted by Gasteiger charge is -2.39. The third-order valence-electron chi connectivity index (χ3n) is 4.54. The number of nitrogens with zero attached hydrogens (tertiary/aromatic N) is 1. The summed E-state index contributed by atoms with van der Waals surface area (Å²) in [7, 11) is 0. The highest BCUT2D eigenvalue weighted by molar-refractivity contribution is 5.46. The Morgan fingerprint density at radius 2 is 1.43 bits per heavy atom. The molecule has 0 aromatic heterocycles. The Labute approximate surface area is 127 Å². The molecule has 2 aromatic carbocycles. The molecule has 1 saturated heterocycles. The lowest BCUT2D eigenvalue weighted by Crippen LogP contribution is -2.44. The number of benzene rings is 2. The fourth-order valence-corrected chi connectivity index (χ4v) is 3.09. The van der Waals surface area contributed by atoms with Crippen LogP contribution in [0.3, 0.4) is 0 Å². The van der Waals surface area contributed by atoms with E-state index >= 15 is 0 Å². The number of hydrogen-bond acceptors (Lipinski definition) is 2. The first kappa shape index (κ1) is 14.2. The first-order valence-electron chi connectivity index (χ1n) is 7.82. The predicted molar refractivity (Wildman–Crippen MR) is 87.6 cm³/mol. The van der Waals surface area contributed by atoms with Gasteiger partial charge in [0.1, 0.15) is 0 Å². The van der Waals surface area contributed by atoms with E-state index in [0.717, 1.165) is 38.8 Å². The van der Waals surface area contributed by atoms with Crippen LogP contribution in [0.4, 0.5) is 5.69 Å². The van der Waals surface area contributed by atoms with Crippen LogP contribution in [-0.2, 0) is 6.42 Å². The van der Waals surface area contributed by atoms with Gasteiger partial charge in [0.15, 0.2) is 0 Å². The molecule has 21 heavy (non-hydrogen) atoms. The van der Waals surface area contributed by atoms with E-state index in [-0.39, 0.29) is 0 Å². The van der Waals surface area contributed by atoms with Crippen LogP contribution < -0.4 is 4.90 Å². The largest absolute Gasteiger partial charge is 0.390 e. The molecule has 0 amide bonds. The van der Waals surface area contributed by atoms with E-state index in [1.807, 2.05) is 12.1 Å². The monoisotopic (exact) mass is 281 g/mol. The molecule has 2 heteroatoms. The fraction of sp³-hybridized carbons (Fsp3) is 0.368. The van der Waals surface area contributed by atoms with Crippen LogP contribution in [0, 0.1) is 0 Å². The van der Waals surface area contributed by atoms with Gasteiger partial charge in [-0.1, -0.05) is 48.5 Å². The molecule has 110 valence electrons. The maximum atomic E-state index is 10.8. The zero-order chi connectivity index (χ0) is 14.5. The van der Waals surface area contributed by atoms with Crippen molar-refractivity contribution in [3.63, 3.8) is 0 Å². The maximum absolute atomic E-state index is 10.8. The Bertz CT molecular complexity index is 544. The van der Waals surface area contributed by atoms with Gasteiger partial charge in [0.2, 0.25) is 0 Å². The van der Waals surface area contributed by atoms with Crippen molar-refractivity contribution in [3.8, 4) is 0 Å². The number of aliphatic hydroxyl groups is 1. The summed E-state index contributed by atoms with van der Waals surface area (Å²) < 4.78 is 0. The van der Waals surface area contributed by atoms with Crippen LogP contribution in [0.15, 0.2) is 60.7 Å². The van der Waals surface area contributed by atoms with E-state index in [9.17, 15) is 5.11 Å². The lowest BCUT2D eigenvalue weighted by molar-refractivity contribution is 0.00830. The van der Waals surface area contributed by atoms with E-state index < -0.39 is 5.60 Å². The van der Waals surface area contributed by atoms with Gasteiger partial charge in [-0.2, -0.15) is 0 Å². The molecule has 0 saturated carbocycles. The molecule has 2 nitrogen and oxygen atoms in total. The number of hydrogen-bond donors (Lipinski definition) is 1. The summed E-state index contributed by atoms with van der Waals surface area (Å²) in [6.45, 7) is 1.88. The third-order valence-corrected chi connectivity index (χ3v) is 4.54. The molecule has 1 aliphatic heterocycles. The second-order valence-corrected chi connectivity index (χ2v) is 6.03. The van der Waals surface area contributed by atoms with Crippen LogP contribution in [0.25, 0.3) is 0 Å². The van der Waals surface area contributed by atoms with Gasteiger partial charge < -0.3 is 10.0 Å². The first-order chi connectivity index (χ1) is 10.3. The third kappa shape index (κ3) is 3.64. The number of para-hydroxylation sites is 1. The average molecular weight is 281 g/mol. The van der Waals surface area contributed by atoms with Crippen LogP contribution >= 0.6 is 0 Å². The van der Waals surface area contributed by atoms with Gasteiger partial charge in [-0.25, -0.2) is 0 Å². The summed E-state index contributed by atoms with van der Waals surface area (Å²) in [5, 5.41) is 10.8. The number of piperidine rings is 1. The molecule has 1 fully saturated rings. The summed E-state index contributed by atoms with van der Waals surface area (Å²) in [6.07, 6.45) is 3.53. The summed E-state index contributed by atoms with van der Waals surface area (Å²) in [5.41, 5.74) is 2.08. The normalized spacial score (nSPS) is 17.7. The molecule has 1 aliphatic rings. The lowest BCUT2D eigenvalue weighted by atomic mass is 9.85. The molecule has 0 spiro atoms. The van der Waals surface area contributed by atoms with Crippen molar-refractivity contribution >= 4 is 5.69 Å². The van der Waals surface area contributed by atoms with Crippen LogP contribution in [-0.4, -0.2) is 23.8 Å². The summed E-state index contributed by atoms with van der Waals surface area (Å²) >= 11 is 0. The van der Waals surface area contributed by atoms with Crippen molar-refractivity contribution in [1.29, 1.82) is 0 Å². The Morgan fingerprint density at radius 1 is 0.857 bits per heavy atom. The van der Waals surface area contributed by atoms with Crippen molar-refractivity contribution in [2.24, 2.45) is 0 Å². The van der Waals surface area contributed by atoms with Gasteiger partial charge in [-0.15, -0.1) is 0 Å². The van der Waals surface area contributed by atoms with Gasteiger partial charge >= 0.3 is 0 Å². The van der Waals surface area contributed by atoms with Crippen molar-refractivity contribution in [1.82, 2.24) is 0 Å². The van der Waals surface area contributed by atoms with Crippen LogP contribution in [0.1, 0.15) is 24.8 Å². The van der Waals surface area contributed by atoms with Gasteiger partial charge in [-0.05, 0) is 43.4 Å². The van der Waals surface area contributed by atoms with Crippen molar-refractivity contribution < 1.29 is 5.11 Å². The zero-order valence-electron chi connectivity index (χ0n) is 12.4. The Balaban J connectivity index is 1.54. The molecule has 0 aliphatic carbocycles. The maximum Gasteiger partial charge on any atom is 0.0684 e. The second-order valence-electron chi connectivity index (χ2n) is 6.03. The highest BCUT2D eigenvalue weighted by Crippen LogP contribution is 2.29. The van der Waals surface area contributed by atoms with E-state index in [2.05, 4.69) is 53.4 Å². The van der Waals surface area contributed by atoms with Gasteiger partial charge in [0, 0.05) is 18.8 Å². The molecule has 2 aromatic rings. The summed E-state index contributed by atoms with van der Waals surface area (Å²) in [5.74, 6) is 0. The zero-order valence-corrected chi connectivity index (χ0v) is 12.4. The molecule has 1 heterocycles. The van der Waals surface area contributed by atoms with E-state index in [1.165, 1.54) is 11.3 Å². The van der Waals surface area contributed by atoms with E-state index in [4.69, 9.17) is 0 Å². The molecule has 0 bridgehead atoms. The average Bonchev–Trinajstić information content (AvgIpc) is 2.56.